The second-order valence-corrected chi connectivity index (χ2v) is 12.3. The number of hydrogen-bond acceptors (Lipinski definition) is 0. The predicted octanol–water partition coefficient (Wildman–Crippen LogP) is 5.74. The molecule has 0 aliphatic rings. The van der Waals surface area contributed by atoms with Gasteiger partial charge in [0.25, 0.3) is 6.69 Å². The Bertz CT molecular complexity index is 346. The Morgan fingerprint density at radius 1 is 0.842 bits per heavy atom. The van der Waals surface area contributed by atoms with Crippen LogP contribution in [0.5, 0.6) is 0 Å². The van der Waals surface area contributed by atoms with Gasteiger partial charge in [-0.1, -0.05) is 70.2 Å². The van der Waals surface area contributed by atoms with E-state index in [0.717, 1.165) is 18.9 Å². The lowest BCUT2D eigenvalue weighted by Crippen LogP contribution is -2.36. The molecule has 3 heteroatoms. The van der Waals surface area contributed by atoms with Crippen molar-refractivity contribution in [2.75, 3.05) is 0 Å². The van der Waals surface area contributed by atoms with Gasteiger partial charge in [-0.05, 0) is 29.6 Å². The van der Waals surface area contributed by atoms with E-state index in [1.807, 2.05) is 0 Å². The van der Waals surface area contributed by atoms with Crippen LogP contribution in [0, 0.1) is 0 Å². The molecule has 19 heavy (non-hydrogen) atoms. The van der Waals surface area contributed by atoms with Crippen molar-refractivity contribution >= 4 is 34.0 Å². The highest BCUT2D eigenvalue weighted by Gasteiger charge is 2.29. The summed E-state index contributed by atoms with van der Waals surface area (Å²) in [6.45, 7) is 2.21. The normalized spacial score (nSPS) is 11.8. The van der Waals surface area contributed by atoms with Gasteiger partial charge in [0.15, 0.2) is 0 Å². The van der Waals surface area contributed by atoms with E-state index in [2.05, 4.69) is 38.1 Å². The van der Waals surface area contributed by atoms with Crippen molar-refractivity contribution in [2.24, 2.45) is 0 Å². The Morgan fingerprint density at radius 3 is 2.05 bits per heavy atom. The fourth-order valence-corrected chi connectivity index (χ4v) is 5.41. The van der Waals surface area contributed by atoms with Gasteiger partial charge in [-0.15, -0.1) is 22.2 Å². The summed E-state index contributed by atoms with van der Waals surface area (Å²) in [6.07, 6.45) is 8.60. The molecule has 0 heterocycles. The van der Waals surface area contributed by atoms with E-state index in [4.69, 9.17) is 22.2 Å². The number of rotatable bonds is 9. The maximum Gasteiger partial charge on any atom is 0.280 e. The molecular weight excluding hydrogens is 291 g/mol. The zero-order valence-corrected chi connectivity index (χ0v) is 14.7. The lowest BCUT2D eigenvalue weighted by molar-refractivity contribution is 0.700. The van der Waals surface area contributed by atoms with Crippen LogP contribution in [0.3, 0.4) is 0 Å². The predicted molar refractivity (Wildman–Crippen MR) is 91.1 cm³/mol. The van der Waals surface area contributed by atoms with Gasteiger partial charge in [-0.2, -0.15) is 0 Å². The summed E-state index contributed by atoms with van der Waals surface area (Å²) < 4.78 is 0. The standard InChI is InChI=1S/C16H26Cl2Si/c1-3-5-7-8-14-19(17,18)16-12-10-15(11-13-16)9-6-4-2/h10-13H,3-9,14H2,1-2H3. The van der Waals surface area contributed by atoms with Crippen LogP contribution in [-0.2, 0) is 6.42 Å². The van der Waals surface area contributed by atoms with Crippen molar-refractivity contribution in [3.05, 3.63) is 29.8 Å². The van der Waals surface area contributed by atoms with E-state index < -0.39 is 6.69 Å². The van der Waals surface area contributed by atoms with Gasteiger partial charge >= 0.3 is 0 Å². The topological polar surface area (TPSA) is 0 Å². The average Bonchev–Trinajstić information content (AvgIpc) is 2.42. The highest BCUT2D eigenvalue weighted by atomic mass is 35.7. The molecule has 0 fully saturated rings. The van der Waals surface area contributed by atoms with Crippen LogP contribution >= 0.6 is 22.2 Å². The second kappa shape index (κ2) is 9.04. The summed E-state index contributed by atoms with van der Waals surface area (Å²) in [5.74, 6) is 0. The van der Waals surface area contributed by atoms with Crippen molar-refractivity contribution < 1.29 is 0 Å². The molecule has 1 aromatic carbocycles. The Morgan fingerprint density at radius 2 is 1.47 bits per heavy atom. The fraction of sp³-hybridized carbons (Fsp3) is 0.625. The lowest BCUT2D eigenvalue weighted by Gasteiger charge is -2.17. The molecule has 1 rings (SSSR count). The highest BCUT2D eigenvalue weighted by Crippen LogP contribution is 2.24. The van der Waals surface area contributed by atoms with E-state index in [9.17, 15) is 0 Å². The first-order valence-corrected chi connectivity index (χ1v) is 11.8. The largest absolute Gasteiger partial charge is 0.280 e. The third-order valence-electron chi connectivity index (χ3n) is 3.54. The molecule has 0 aromatic heterocycles. The third kappa shape index (κ3) is 6.33. The van der Waals surface area contributed by atoms with E-state index in [-0.39, 0.29) is 0 Å². The number of unbranched alkanes of at least 4 members (excludes halogenated alkanes) is 4. The van der Waals surface area contributed by atoms with Crippen molar-refractivity contribution in [1.82, 2.24) is 0 Å². The molecule has 0 radical (unpaired) electrons. The minimum absolute atomic E-state index is 0.977. The number of hydrogen-bond donors (Lipinski definition) is 0. The van der Waals surface area contributed by atoms with Crippen molar-refractivity contribution in [3.63, 3.8) is 0 Å². The van der Waals surface area contributed by atoms with Crippen molar-refractivity contribution in [3.8, 4) is 0 Å². The summed E-state index contributed by atoms with van der Waals surface area (Å²) in [5, 5.41) is 1.17. The molecule has 0 spiro atoms. The Kier molecular flexibility index (Phi) is 8.13. The molecular formula is C16H26Cl2Si. The molecule has 0 aliphatic carbocycles. The molecule has 0 bridgehead atoms. The van der Waals surface area contributed by atoms with Crippen molar-refractivity contribution in [2.45, 2.75) is 64.8 Å². The molecule has 0 amide bonds. The fourth-order valence-electron chi connectivity index (χ4n) is 2.21. The summed E-state index contributed by atoms with van der Waals surface area (Å²) in [6, 6.07) is 9.67. The molecule has 0 aliphatic heterocycles. The minimum Gasteiger partial charge on any atom is -0.140 e. The molecule has 0 saturated heterocycles. The van der Waals surface area contributed by atoms with Crippen LogP contribution < -0.4 is 5.19 Å². The molecule has 0 N–H and O–H groups in total. The number of halogens is 2. The van der Waals surface area contributed by atoms with Gasteiger partial charge in [0, 0.05) is 0 Å². The van der Waals surface area contributed by atoms with Gasteiger partial charge in [0.2, 0.25) is 0 Å². The van der Waals surface area contributed by atoms with Crippen LogP contribution in [0.1, 0.15) is 57.9 Å². The Hall–Kier alpha value is 0.0169. The third-order valence-corrected chi connectivity index (χ3v) is 8.14. The minimum atomic E-state index is -2.24. The number of aryl methyl sites for hydroxylation is 1. The zero-order valence-electron chi connectivity index (χ0n) is 12.2. The molecule has 0 unspecified atom stereocenters. The summed E-state index contributed by atoms with van der Waals surface area (Å²) in [4.78, 5) is 0. The van der Waals surface area contributed by atoms with E-state index in [1.165, 1.54) is 42.9 Å². The monoisotopic (exact) mass is 316 g/mol. The average molecular weight is 317 g/mol. The van der Waals surface area contributed by atoms with Crippen molar-refractivity contribution in [1.29, 1.82) is 0 Å². The lowest BCUT2D eigenvalue weighted by atomic mass is 10.1. The van der Waals surface area contributed by atoms with Crippen LogP contribution in [-0.4, -0.2) is 6.69 Å². The van der Waals surface area contributed by atoms with E-state index >= 15 is 0 Å². The molecule has 0 atom stereocenters. The molecule has 0 nitrogen and oxygen atoms in total. The maximum absolute atomic E-state index is 6.60. The van der Waals surface area contributed by atoms with Gasteiger partial charge in [0.1, 0.15) is 0 Å². The van der Waals surface area contributed by atoms with Gasteiger partial charge in [-0.25, -0.2) is 0 Å². The first-order chi connectivity index (χ1) is 9.10. The van der Waals surface area contributed by atoms with Crippen LogP contribution in [0.15, 0.2) is 24.3 Å². The summed E-state index contributed by atoms with van der Waals surface area (Å²) in [5.41, 5.74) is 1.40. The van der Waals surface area contributed by atoms with Crippen LogP contribution in [0.4, 0.5) is 0 Å². The Balaban J connectivity index is 2.52. The maximum atomic E-state index is 6.60. The SMILES string of the molecule is CCCCCC[Si](Cl)(Cl)c1ccc(CCCC)cc1. The quantitative estimate of drug-likeness (QED) is 0.310. The van der Waals surface area contributed by atoms with Crippen LogP contribution in [0.2, 0.25) is 6.04 Å². The first-order valence-electron chi connectivity index (χ1n) is 7.57. The molecule has 108 valence electrons. The van der Waals surface area contributed by atoms with E-state index in [0.29, 0.717) is 0 Å². The molecule has 0 saturated carbocycles. The zero-order chi connectivity index (χ0) is 14.1. The second-order valence-electron chi connectivity index (χ2n) is 5.32. The first kappa shape index (κ1) is 17.1. The molecule has 1 aromatic rings. The highest BCUT2D eigenvalue weighted by molar-refractivity contribution is 7.50. The van der Waals surface area contributed by atoms with Gasteiger partial charge < -0.3 is 0 Å². The summed E-state index contributed by atoms with van der Waals surface area (Å²) >= 11 is 13.2. The van der Waals surface area contributed by atoms with Gasteiger partial charge in [-0.3, -0.25) is 0 Å². The van der Waals surface area contributed by atoms with Gasteiger partial charge in [0.05, 0.1) is 0 Å². The summed E-state index contributed by atoms with van der Waals surface area (Å²) in [7, 11) is 0. The van der Waals surface area contributed by atoms with E-state index in [1.54, 1.807) is 0 Å². The number of benzene rings is 1. The Labute approximate surface area is 128 Å². The van der Waals surface area contributed by atoms with Crippen LogP contribution in [0.25, 0.3) is 0 Å². The smallest absolute Gasteiger partial charge is 0.140 e.